The van der Waals surface area contributed by atoms with E-state index in [-0.39, 0.29) is 22.8 Å². The number of nitrogens with one attached hydrogen (secondary N) is 3. The van der Waals surface area contributed by atoms with Crippen molar-refractivity contribution in [2.24, 2.45) is 0 Å². The third kappa shape index (κ3) is 5.39. The van der Waals surface area contributed by atoms with Gasteiger partial charge in [0.2, 0.25) is 10.0 Å². The third-order valence-electron chi connectivity index (χ3n) is 3.68. The smallest absolute Gasteiger partial charge is 0.265 e. The van der Waals surface area contributed by atoms with Crippen molar-refractivity contribution in [3.63, 3.8) is 0 Å². The summed E-state index contributed by atoms with van der Waals surface area (Å²) in [5.41, 5.74) is 0.394. The minimum Gasteiger partial charge on any atom is -0.322 e. The summed E-state index contributed by atoms with van der Waals surface area (Å²) in [4.78, 5) is 25.5. The highest BCUT2D eigenvalue weighted by Gasteiger charge is 2.16. The largest absolute Gasteiger partial charge is 0.322 e. The molecule has 10 heteroatoms. The van der Waals surface area contributed by atoms with E-state index in [0.29, 0.717) is 10.6 Å². The number of rotatable bonds is 6. The lowest BCUT2D eigenvalue weighted by atomic mass is 10.1. The molecule has 0 atom stereocenters. The standard InChI is InChI=1S/C19H16FN3O4S2/c1-29(26,27)23-16-11-12(8-9-14(16)20)21-18(24)13-5-2-3-6-15(13)22-19(25)17-7-4-10-28-17/h2-11,23H,1H3,(H,21,24)(H,22,25). The summed E-state index contributed by atoms with van der Waals surface area (Å²) in [6, 6.07) is 13.3. The summed E-state index contributed by atoms with van der Waals surface area (Å²) in [5, 5.41) is 7.03. The average Bonchev–Trinajstić information content (AvgIpc) is 3.18. The van der Waals surface area contributed by atoms with Crippen molar-refractivity contribution >= 4 is 50.2 Å². The van der Waals surface area contributed by atoms with E-state index in [4.69, 9.17) is 0 Å². The fourth-order valence-corrected chi connectivity index (χ4v) is 3.64. The van der Waals surface area contributed by atoms with Crippen LogP contribution in [0.15, 0.2) is 60.0 Å². The first-order valence-corrected chi connectivity index (χ1v) is 11.0. The summed E-state index contributed by atoms with van der Waals surface area (Å²) in [5.74, 6) is -1.68. The van der Waals surface area contributed by atoms with Crippen molar-refractivity contribution in [2.45, 2.75) is 0 Å². The van der Waals surface area contributed by atoms with Crippen LogP contribution in [0.5, 0.6) is 0 Å². The van der Waals surface area contributed by atoms with E-state index < -0.39 is 21.7 Å². The first-order valence-electron chi connectivity index (χ1n) is 8.25. The van der Waals surface area contributed by atoms with Crippen LogP contribution < -0.4 is 15.4 Å². The zero-order chi connectivity index (χ0) is 21.0. The Morgan fingerprint density at radius 2 is 1.69 bits per heavy atom. The number of hydrogen-bond acceptors (Lipinski definition) is 5. The van der Waals surface area contributed by atoms with Crippen LogP contribution in [-0.2, 0) is 10.0 Å². The van der Waals surface area contributed by atoms with Gasteiger partial charge in [-0.1, -0.05) is 18.2 Å². The molecule has 0 radical (unpaired) electrons. The Morgan fingerprint density at radius 3 is 2.38 bits per heavy atom. The van der Waals surface area contributed by atoms with Gasteiger partial charge in [0, 0.05) is 5.69 Å². The van der Waals surface area contributed by atoms with E-state index in [1.807, 2.05) is 4.72 Å². The molecule has 3 N–H and O–H groups in total. The first kappa shape index (κ1) is 20.5. The molecule has 0 saturated carbocycles. The minimum absolute atomic E-state index is 0.182. The van der Waals surface area contributed by atoms with Crippen LogP contribution in [0.25, 0.3) is 0 Å². The number of para-hydroxylation sites is 1. The maximum Gasteiger partial charge on any atom is 0.265 e. The molecule has 0 aliphatic rings. The number of amides is 2. The fraction of sp³-hybridized carbons (Fsp3) is 0.0526. The summed E-state index contributed by atoms with van der Waals surface area (Å²) in [6.07, 6.45) is 0.893. The van der Waals surface area contributed by atoms with Crippen LogP contribution in [0.3, 0.4) is 0 Å². The predicted octanol–water partition coefficient (Wildman–Crippen LogP) is 3.76. The highest BCUT2D eigenvalue weighted by Crippen LogP contribution is 2.23. The van der Waals surface area contributed by atoms with E-state index in [2.05, 4.69) is 10.6 Å². The van der Waals surface area contributed by atoms with Crippen molar-refractivity contribution in [3.05, 3.63) is 76.2 Å². The number of carbonyl (C=O) groups is 2. The lowest BCUT2D eigenvalue weighted by Gasteiger charge is -2.12. The normalized spacial score (nSPS) is 11.0. The quantitative estimate of drug-likeness (QED) is 0.550. The topological polar surface area (TPSA) is 104 Å². The maximum absolute atomic E-state index is 13.8. The Balaban J connectivity index is 1.81. The molecule has 1 heterocycles. The molecule has 2 amide bonds. The monoisotopic (exact) mass is 433 g/mol. The van der Waals surface area contributed by atoms with Gasteiger partial charge < -0.3 is 10.6 Å². The zero-order valence-corrected chi connectivity index (χ0v) is 16.7. The van der Waals surface area contributed by atoms with E-state index in [9.17, 15) is 22.4 Å². The lowest BCUT2D eigenvalue weighted by Crippen LogP contribution is -2.18. The molecule has 2 aromatic carbocycles. The van der Waals surface area contributed by atoms with Crippen LogP contribution >= 0.6 is 11.3 Å². The number of carbonyl (C=O) groups excluding carboxylic acids is 2. The molecular weight excluding hydrogens is 417 g/mol. The number of anilines is 3. The van der Waals surface area contributed by atoms with Gasteiger partial charge in [-0.3, -0.25) is 14.3 Å². The number of thiophene rings is 1. The van der Waals surface area contributed by atoms with Crippen molar-refractivity contribution in [1.29, 1.82) is 0 Å². The van der Waals surface area contributed by atoms with E-state index >= 15 is 0 Å². The van der Waals surface area contributed by atoms with Gasteiger partial charge >= 0.3 is 0 Å². The molecule has 0 bridgehead atoms. The first-order chi connectivity index (χ1) is 13.7. The van der Waals surface area contributed by atoms with E-state index in [1.54, 1.807) is 35.7 Å². The third-order valence-corrected chi connectivity index (χ3v) is 5.14. The van der Waals surface area contributed by atoms with Crippen molar-refractivity contribution < 1.29 is 22.4 Å². The number of benzene rings is 2. The molecule has 0 aliphatic carbocycles. The Morgan fingerprint density at radius 1 is 0.931 bits per heavy atom. The lowest BCUT2D eigenvalue weighted by molar-refractivity contribution is 0.102. The molecule has 0 spiro atoms. The van der Waals surface area contributed by atoms with Crippen LogP contribution in [0.4, 0.5) is 21.5 Å². The summed E-state index contributed by atoms with van der Waals surface area (Å²) < 4.78 is 38.6. The highest BCUT2D eigenvalue weighted by molar-refractivity contribution is 7.92. The van der Waals surface area contributed by atoms with Crippen LogP contribution in [-0.4, -0.2) is 26.5 Å². The van der Waals surface area contributed by atoms with Crippen LogP contribution in [0.2, 0.25) is 0 Å². The molecule has 3 aromatic rings. The van der Waals surface area contributed by atoms with Crippen molar-refractivity contribution in [1.82, 2.24) is 0 Å². The van der Waals surface area contributed by atoms with Crippen LogP contribution in [0.1, 0.15) is 20.0 Å². The Kier molecular flexibility index (Phi) is 5.95. The van der Waals surface area contributed by atoms with Crippen molar-refractivity contribution in [3.8, 4) is 0 Å². The Labute approximate surface area is 170 Å². The predicted molar refractivity (Wildman–Crippen MR) is 112 cm³/mol. The Bertz CT molecular complexity index is 1160. The zero-order valence-electron chi connectivity index (χ0n) is 15.1. The molecule has 29 heavy (non-hydrogen) atoms. The molecule has 3 rings (SSSR count). The second kappa shape index (κ2) is 8.41. The molecule has 1 aromatic heterocycles. The minimum atomic E-state index is -3.69. The van der Waals surface area contributed by atoms with Gasteiger partial charge in [0.15, 0.2) is 0 Å². The molecule has 0 aliphatic heterocycles. The molecule has 7 nitrogen and oxygen atoms in total. The molecular formula is C19H16FN3O4S2. The molecule has 0 unspecified atom stereocenters. The average molecular weight is 433 g/mol. The highest BCUT2D eigenvalue weighted by atomic mass is 32.2. The van der Waals surface area contributed by atoms with Gasteiger partial charge in [-0.2, -0.15) is 0 Å². The van der Waals surface area contributed by atoms with Gasteiger partial charge in [-0.05, 0) is 41.8 Å². The van der Waals surface area contributed by atoms with E-state index in [0.717, 1.165) is 12.3 Å². The summed E-state index contributed by atoms with van der Waals surface area (Å²) in [6.45, 7) is 0. The number of halogens is 1. The van der Waals surface area contributed by atoms with Gasteiger partial charge in [-0.25, -0.2) is 12.8 Å². The van der Waals surface area contributed by atoms with Gasteiger partial charge in [-0.15, -0.1) is 11.3 Å². The van der Waals surface area contributed by atoms with Crippen LogP contribution in [0, 0.1) is 5.82 Å². The second-order valence-electron chi connectivity index (χ2n) is 6.00. The SMILES string of the molecule is CS(=O)(=O)Nc1cc(NC(=O)c2ccccc2NC(=O)c2cccs2)ccc1F. The molecule has 150 valence electrons. The van der Waals surface area contributed by atoms with Gasteiger partial charge in [0.25, 0.3) is 11.8 Å². The second-order valence-corrected chi connectivity index (χ2v) is 8.70. The van der Waals surface area contributed by atoms with Crippen molar-refractivity contribution in [2.75, 3.05) is 21.6 Å². The summed E-state index contributed by atoms with van der Waals surface area (Å²) >= 11 is 1.27. The maximum atomic E-state index is 13.8. The number of sulfonamides is 1. The Hall–Kier alpha value is -3.24. The van der Waals surface area contributed by atoms with Gasteiger partial charge in [0.05, 0.1) is 28.1 Å². The molecule has 0 saturated heterocycles. The van der Waals surface area contributed by atoms with Gasteiger partial charge in [0.1, 0.15) is 5.82 Å². The van der Waals surface area contributed by atoms with E-state index in [1.165, 1.54) is 29.5 Å². The molecule has 0 fully saturated rings. The fourth-order valence-electron chi connectivity index (χ4n) is 2.46. The summed E-state index contributed by atoms with van der Waals surface area (Å²) in [7, 11) is -3.69. The number of hydrogen-bond donors (Lipinski definition) is 3.